The van der Waals surface area contributed by atoms with Gasteiger partial charge in [-0.15, -0.1) is 0 Å². The molecule has 138 valence electrons. The van der Waals surface area contributed by atoms with E-state index in [-0.39, 0.29) is 0 Å². The van der Waals surface area contributed by atoms with Crippen LogP contribution < -0.4 is 0 Å². The van der Waals surface area contributed by atoms with E-state index in [1.807, 2.05) is 30.5 Å². The van der Waals surface area contributed by atoms with Gasteiger partial charge >= 0.3 is 0 Å². The van der Waals surface area contributed by atoms with E-state index < -0.39 is 5.60 Å². The lowest BCUT2D eigenvalue weighted by Gasteiger charge is -2.36. The highest BCUT2D eigenvalue weighted by Gasteiger charge is 2.37. The number of aromatic nitrogens is 1. The Morgan fingerprint density at radius 2 is 1.14 bits per heavy atom. The van der Waals surface area contributed by atoms with Crippen molar-refractivity contribution >= 4 is 15.9 Å². The van der Waals surface area contributed by atoms with Crippen LogP contribution in [0.25, 0.3) is 0 Å². The van der Waals surface area contributed by atoms with Gasteiger partial charge in [0.2, 0.25) is 0 Å². The lowest BCUT2D eigenvalue weighted by atomic mass is 9.80. The molecule has 0 N–H and O–H groups in total. The zero-order valence-corrected chi connectivity index (χ0v) is 16.9. The normalized spacial score (nSPS) is 11.3. The maximum Gasteiger partial charge on any atom is 0.144 e. The third-order valence-corrected chi connectivity index (χ3v) is 5.19. The van der Waals surface area contributed by atoms with Crippen molar-refractivity contribution in [3.63, 3.8) is 0 Å². The molecular formula is C25H20BrNO. The molecule has 1 aromatic heterocycles. The Hall–Kier alpha value is -2.75. The van der Waals surface area contributed by atoms with Crippen LogP contribution in [0.4, 0.5) is 0 Å². The van der Waals surface area contributed by atoms with Crippen molar-refractivity contribution in [3.05, 3.63) is 136 Å². The van der Waals surface area contributed by atoms with E-state index in [0.29, 0.717) is 6.61 Å². The first-order chi connectivity index (χ1) is 13.8. The van der Waals surface area contributed by atoms with Crippen LogP contribution in [-0.2, 0) is 16.9 Å². The maximum absolute atomic E-state index is 6.77. The summed E-state index contributed by atoms with van der Waals surface area (Å²) >= 11 is 3.50. The van der Waals surface area contributed by atoms with Gasteiger partial charge < -0.3 is 4.74 Å². The molecule has 2 nitrogen and oxygen atoms in total. The Morgan fingerprint density at radius 3 is 1.57 bits per heavy atom. The first-order valence-electron chi connectivity index (χ1n) is 9.19. The minimum Gasteiger partial charge on any atom is -0.356 e. The summed E-state index contributed by atoms with van der Waals surface area (Å²) in [4.78, 5) is 4.28. The van der Waals surface area contributed by atoms with E-state index in [1.54, 1.807) is 6.20 Å². The molecule has 0 unspecified atom stereocenters. The molecule has 0 aliphatic rings. The lowest BCUT2D eigenvalue weighted by molar-refractivity contribution is 0.0000977. The molecule has 4 rings (SSSR count). The number of ether oxygens (including phenoxy) is 1. The van der Waals surface area contributed by atoms with Crippen molar-refractivity contribution in [1.29, 1.82) is 0 Å². The van der Waals surface area contributed by atoms with Gasteiger partial charge in [0.25, 0.3) is 0 Å². The molecule has 0 fully saturated rings. The van der Waals surface area contributed by atoms with Crippen molar-refractivity contribution in [2.45, 2.75) is 12.2 Å². The lowest BCUT2D eigenvalue weighted by Crippen LogP contribution is -2.32. The van der Waals surface area contributed by atoms with Crippen molar-refractivity contribution in [2.24, 2.45) is 0 Å². The summed E-state index contributed by atoms with van der Waals surface area (Å²) in [6.45, 7) is 0.436. The molecule has 0 radical (unpaired) electrons. The number of rotatable bonds is 6. The minimum absolute atomic E-state index is 0.436. The molecule has 28 heavy (non-hydrogen) atoms. The minimum atomic E-state index is -0.716. The third kappa shape index (κ3) is 3.77. The first-order valence-corrected chi connectivity index (χ1v) is 9.98. The highest BCUT2D eigenvalue weighted by atomic mass is 79.9. The second-order valence-corrected chi connectivity index (χ2v) is 7.50. The average Bonchev–Trinajstić information content (AvgIpc) is 2.77. The predicted octanol–water partition coefficient (Wildman–Crippen LogP) is 6.35. The zero-order valence-electron chi connectivity index (χ0n) is 15.3. The molecular weight excluding hydrogens is 410 g/mol. The summed E-state index contributed by atoms with van der Waals surface area (Å²) in [5, 5.41) is 0. The molecule has 0 atom stereocenters. The average molecular weight is 430 g/mol. The van der Waals surface area contributed by atoms with Crippen LogP contribution in [0, 0.1) is 0 Å². The fraction of sp³-hybridized carbons (Fsp3) is 0.0800. The highest BCUT2D eigenvalue weighted by molar-refractivity contribution is 9.10. The Balaban J connectivity index is 1.88. The van der Waals surface area contributed by atoms with Crippen molar-refractivity contribution in [1.82, 2.24) is 4.98 Å². The standard InChI is InChI=1S/C25H20BrNO/c26-24-16-20(17-27-18-24)19-28-25(21-10-4-1-5-11-21,22-12-6-2-7-13-22)23-14-8-3-9-15-23/h1-18H,19H2. The first kappa shape index (κ1) is 18.6. The zero-order chi connectivity index (χ0) is 19.2. The summed E-state index contributed by atoms with van der Waals surface area (Å²) in [5.41, 5.74) is 3.58. The number of benzene rings is 3. The molecule has 3 aromatic carbocycles. The Kier molecular flexibility index (Phi) is 5.65. The topological polar surface area (TPSA) is 22.1 Å². The summed E-state index contributed by atoms with van der Waals surface area (Å²) in [7, 11) is 0. The highest BCUT2D eigenvalue weighted by Crippen LogP contribution is 2.41. The molecule has 0 saturated carbocycles. The van der Waals surface area contributed by atoms with Gasteiger partial charge in [0.1, 0.15) is 5.60 Å². The number of hydrogen-bond donors (Lipinski definition) is 0. The van der Waals surface area contributed by atoms with Crippen LogP contribution in [-0.4, -0.2) is 4.98 Å². The van der Waals surface area contributed by atoms with Gasteiger partial charge in [-0.1, -0.05) is 91.0 Å². The van der Waals surface area contributed by atoms with Gasteiger partial charge in [0.05, 0.1) is 6.61 Å². The van der Waals surface area contributed by atoms with Crippen LogP contribution in [0.2, 0.25) is 0 Å². The monoisotopic (exact) mass is 429 g/mol. The van der Waals surface area contributed by atoms with E-state index in [0.717, 1.165) is 26.7 Å². The SMILES string of the molecule is Brc1cncc(COC(c2ccccc2)(c2ccccc2)c2ccccc2)c1. The van der Waals surface area contributed by atoms with E-state index in [9.17, 15) is 0 Å². The van der Waals surface area contributed by atoms with Gasteiger partial charge in [-0.3, -0.25) is 4.98 Å². The molecule has 0 aliphatic heterocycles. The van der Waals surface area contributed by atoms with Gasteiger partial charge in [-0.05, 0) is 44.3 Å². The second-order valence-electron chi connectivity index (χ2n) is 6.58. The third-order valence-electron chi connectivity index (χ3n) is 4.76. The van der Waals surface area contributed by atoms with Crippen LogP contribution in [0.1, 0.15) is 22.3 Å². The quantitative estimate of drug-likeness (QED) is 0.333. The predicted molar refractivity (Wildman–Crippen MR) is 116 cm³/mol. The largest absolute Gasteiger partial charge is 0.356 e. The molecule has 3 heteroatoms. The van der Waals surface area contributed by atoms with Gasteiger partial charge in [-0.2, -0.15) is 0 Å². The molecule has 1 heterocycles. The maximum atomic E-state index is 6.77. The second kappa shape index (κ2) is 8.51. The van der Waals surface area contributed by atoms with E-state index in [4.69, 9.17) is 4.74 Å². The Labute approximate surface area is 174 Å². The smallest absolute Gasteiger partial charge is 0.144 e. The molecule has 4 aromatic rings. The fourth-order valence-corrected chi connectivity index (χ4v) is 3.91. The number of nitrogens with zero attached hydrogens (tertiary/aromatic N) is 1. The van der Waals surface area contributed by atoms with Crippen LogP contribution in [0.5, 0.6) is 0 Å². The summed E-state index contributed by atoms with van der Waals surface area (Å²) in [6, 6.07) is 33.2. The molecule has 0 saturated heterocycles. The molecule has 0 bridgehead atoms. The van der Waals surface area contributed by atoms with Crippen LogP contribution in [0.3, 0.4) is 0 Å². The molecule has 0 aliphatic carbocycles. The van der Waals surface area contributed by atoms with Crippen molar-refractivity contribution < 1.29 is 4.74 Å². The van der Waals surface area contributed by atoms with Gasteiger partial charge in [-0.25, -0.2) is 0 Å². The summed E-state index contributed by atoms with van der Waals surface area (Å²) in [6.07, 6.45) is 3.62. The summed E-state index contributed by atoms with van der Waals surface area (Å²) in [5.74, 6) is 0. The summed E-state index contributed by atoms with van der Waals surface area (Å²) < 4.78 is 7.71. The Bertz CT molecular complexity index is 923. The fourth-order valence-electron chi connectivity index (χ4n) is 3.49. The van der Waals surface area contributed by atoms with E-state index in [2.05, 4.69) is 93.7 Å². The number of hydrogen-bond acceptors (Lipinski definition) is 2. The van der Waals surface area contributed by atoms with Crippen molar-refractivity contribution in [3.8, 4) is 0 Å². The van der Waals surface area contributed by atoms with Crippen LogP contribution in [0.15, 0.2) is 114 Å². The number of pyridine rings is 1. The van der Waals surface area contributed by atoms with E-state index >= 15 is 0 Å². The van der Waals surface area contributed by atoms with Crippen LogP contribution >= 0.6 is 15.9 Å². The molecule has 0 amide bonds. The van der Waals surface area contributed by atoms with Gasteiger partial charge in [0.15, 0.2) is 0 Å². The Morgan fingerprint density at radius 1 is 0.679 bits per heavy atom. The molecule has 0 spiro atoms. The number of halogens is 1. The van der Waals surface area contributed by atoms with Gasteiger partial charge in [0, 0.05) is 16.9 Å². The van der Waals surface area contributed by atoms with E-state index in [1.165, 1.54) is 0 Å². The van der Waals surface area contributed by atoms with Crippen molar-refractivity contribution in [2.75, 3.05) is 0 Å².